The molecule has 0 unspecified atom stereocenters. The summed E-state index contributed by atoms with van der Waals surface area (Å²) in [6, 6.07) is 20.3. The number of aryl methyl sites for hydroxylation is 2. The standard InChI is InChI=1S/C29H30N4O2S2/c1-4-15-30-23(34)17-32-24(35)18-37-28(27-20(3)14-16-36-27)25-26(21-8-6-5-7-9-21)31-33(29(25)32)22-12-10-19(2)11-13-22/h5-14,16,28H,4,15,17-18H2,1-3H3,(H,30,34)/t28-/m1/s1. The van der Waals surface area contributed by atoms with Crippen LogP contribution in [0, 0.1) is 13.8 Å². The first-order chi connectivity index (χ1) is 18.0. The second kappa shape index (κ2) is 10.9. The molecule has 1 aliphatic rings. The Morgan fingerprint density at radius 1 is 1.08 bits per heavy atom. The lowest BCUT2D eigenvalue weighted by Gasteiger charge is -2.23. The Morgan fingerprint density at radius 3 is 2.51 bits per heavy atom. The fourth-order valence-corrected chi connectivity index (χ4v) is 6.99. The Balaban J connectivity index is 1.78. The number of fused-ring (bicyclic) bond motifs is 1. The van der Waals surface area contributed by atoms with Gasteiger partial charge in [-0.2, -0.15) is 5.10 Å². The summed E-state index contributed by atoms with van der Waals surface area (Å²) in [5.74, 6) is 0.680. The number of amides is 2. The van der Waals surface area contributed by atoms with Crippen molar-refractivity contribution in [2.45, 2.75) is 32.4 Å². The van der Waals surface area contributed by atoms with Gasteiger partial charge in [-0.25, -0.2) is 4.68 Å². The van der Waals surface area contributed by atoms with Gasteiger partial charge in [-0.3, -0.25) is 14.5 Å². The molecule has 0 aliphatic carbocycles. The zero-order chi connectivity index (χ0) is 25.9. The van der Waals surface area contributed by atoms with Crippen molar-refractivity contribution in [3.8, 4) is 16.9 Å². The molecule has 0 saturated carbocycles. The normalized spacial score (nSPS) is 15.4. The van der Waals surface area contributed by atoms with E-state index in [1.807, 2.05) is 61.0 Å². The van der Waals surface area contributed by atoms with Gasteiger partial charge in [0.25, 0.3) is 0 Å². The van der Waals surface area contributed by atoms with Crippen molar-refractivity contribution in [3.63, 3.8) is 0 Å². The highest BCUT2D eigenvalue weighted by molar-refractivity contribution is 8.00. The average Bonchev–Trinajstić information content (AvgIpc) is 3.48. The molecule has 8 heteroatoms. The first-order valence-electron chi connectivity index (χ1n) is 12.5. The lowest BCUT2D eigenvalue weighted by atomic mass is 10.0. The number of thiophene rings is 1. The number of anilines is 1. The summed E-state index contributed by atoms with van der Waals surface area (Å²) in [4.78, 5) is 29.4. The van der Waals surface area contributed by atoms with Crippen LogP contribution >= 0.6 is 23.1 Å². The first kappa shape index (κ1) is 25.3. The van der Waals surface area contributed by atoms with E-state index < -0.39 is 0 Å². The van der Waals surface area contributed by atoms with E-state index in [1.54, 1.807) is 28.0 Å². The summed E-state index contributed by atoms with van der Waals surface area (Å²) in [5, 5.41) is 10.1. The highest BCUT2D eigenvalue weighted by Crippen LogP contribution is 2.50. The number of nitrogens with one attached hydrogen (secondary N) is 1. The highest BCUT2D eigenvalue weighted by Gasteiger charge is 2.38. The van der Waals surface area contributed by atoms with E-state index in [4.69, 9.17) is 5.10 Å². The maximum Gasteiger partial charge on any atom is 0.240 e. The largest absolute Gasteiger partial charge is 0.355 e. The lowest BCUT2D eigenvalue weighted by molar-refractivity contribution is -0.122. The number of carbonyl (C=O) groups excluding carboxylic acids is 2. The predicted octanol–water partition coefficient (Wildman–Crippen LogP) is 5.91. The van der Waals surface area contributed by atoms with E-state index in [2.05, 4.69) is 35.8 Å². The highest BCUT2D eigenvalue weighted by atomic mass is 32.2. The van der Waals surface area contributed by atoms with Gasteiger partial charge in [-0.05, 0) is 49.4 Å². The van der Waals surface area contributed by atoms with Gasteiger partial charge in [0.15, 0.2) is 0 Å². The van der Waals surface area contributed by atoms with Gasteiger partial charge in [-0.1, -0.05) is 55.0 Å². The van der Waals surface area contributed by atoms with Gasteiger partial charge in [0.2, 0.25) is 11.8 Å². The van der Waals surface area contributed by atoms with Crippen LogP contribution in [0.5, 0.6) is 0 Å². The van der Waals surface area contributed by atoms with Crippen LogP contribution in [0.15, 0.2) is 66.0 Å². The van der Waals surface area contributed by atoms with Gasteiger partial charge < -0.3 is 5.32 Å². The van der Waals surface area contributed by atoms with Crippen molar-refractivity contribution in [3.05, 3.63) is 87.6 Å². The molecule has 190 valence electrons. The van der Waals surface area contributed by atoms with Crippen LogP contribution in [-0.2, 0) is 9.59 Å². The minimum atomic E-state index is -0.171. The van der Waals surface area contributed by atoms with Gasteiger partial charge in [0.05, 0.1) is 22.4 Å². The third kappa shape index (κ3) is 5.08. The third-order valence-corrected chi connectivity index (χ3v) is 8.88. The zero-order valence-corrected chi connectivity index (χ0v) is 22.9. The van der Waals surface area contributed by atoms with Crippen molar-refractivity contribution >= 4 is 40.7 Å². The number of rotatable bonds is 7. The van der Waals surface area contributed by atoms with E-state index in [9.17, 15) is 9.59 Å². The molecule has 2 amide bonds. The second-order valence-electron chi connectivity index (χ2n) is 9.19. The average molecular weight is 531 g/mol. The van der Waals surface area contributed by atoms with Crippen molar-refractivity contribution in [2.75, 3.05) is 23.7 Å². The van der Waals surface area contributed by atoms with Crippen molar-refractivity contribution in [1.29, 1.82) is 0 Å². The van der Waals surface area contributed by atoms with E-state index in [-0.39, 0.29) is 29.4 Å². The molecular formula is C29H30N4O2S2. The molecule has 37 heavy (non-hydrogen) atoms. The molecule has 1 N–H and O–H groups in total. The minimum Gasteiger partial charge on any atom is -0.355 e. The van der Waals surface area contributed by atoms with Crippen molar-refractivity contribution in [1.82, 2.24) is 15.1 Å². The van der Waals surface area contributed by atoms with Gasteiger partial charge >= 0.3 is 0 Å². The number of hydrogen-bond donors (Lipinski definition) is 1. The van der Waals surface area contributed by atoms with Crippen LogP contribution in [0.4, 0.5) is 5.82 Å². The maximum absolute atomic E-state index is 13.7. The number of nitrogens with zero attached hydrogens (tertiary/aromatic N) is 3. The molecular weight excluding hydrogens is 500 g/mol. The fraction of sp³-hybridized carbons (Fsp3) is 0.276. The van der Waals surface area contributed by atoms with Crippen molar-refractivity contribution in [2.24, 2.45) is 0 Å². The lowest BCUT2D eigenvalue weighted by Crippen LogP contribution is -2.42. The van der Waals surface area contributed by atoms with Gasteiger partial charge in [0, 0.05) is 22.5 Å². The Morgan fingerprint density at radius 2 is 1.84 bits per heavy atom. The Labute approximate surface area is 225 Å². The molecule has 0 saturated heterocycles. The van der Waals surface area contributed by atoms with E-state index in [0.717, 1.165) is 34.5 Å². The van der Waals surface area contributed by atoms with E-state index >= 15 is 0 Å². The van der Waals surface area contributed by atoms with Crippen LogP contribution in [0.25, 0.3) is 16.9 Å². The summed E-state index contributed by atoms with van der Waals surface area (Å²) in [5.41, 5.74) is 5.96. The van der Waals surface area contributed by atoms with E-state index in [1.165, 1.54) is 10.4 Å². The quantitative estimate of drug-likeness (QED) is 0.322. The molecule has 0 fully saturated rings. The number of aromatic nitrogens is 2. The van der Waals surface area contributed by atoms with Crippen LogP contribution < -0.4 is 10.2 Å². The predicted molar refractivity (Wildman–Crippen MR) is 153 cm³/mol. The fourth-order valence-electron chi connectivity index (χ4n) is 4.52. The van der Waals surface area contributed by atoms with Gasteiger partial charge in [0.1, 0.15) is 12.4 Å². The molecule has 0 spiro atoms. The molecule has 6 nitrogen and oxygen atoms in total. The van der Waals surface area contributed by atoms with Crippen LogP contribution in [-0.4, -0.2) is 40.4 Å². The Hall–Kier alpha value is -3.36. The third-order valence-electron chi connectivity index (χ3n) is 6.43. The Bertz CT molecular complexity index is 1410. The zero-order valence-electron chi connectivity index (χ0n) is 21.2. The molecule has 4 aromatic rings. The molecule has 3 heterocycles. The van der Waals surface area contributed by atoms with Crippen LogP contribution in [0.1, 0.15) is 40.2 Å². The SMILES string of the molecule is CCCNC(=O)CN1C(=O)CS[C@@H](c2sccc2C)c2c(-c3ccccc3)nn(-c3ccc(C)cc3)c21. The van der Waals surface area contributed by atoms with Crippen LogP contribution in [0.2, 0.25) is 0 Å². The van der Waals surface area contributed by atoms with Crippen LogP contribution in [0.3, 0.4) is 0 Å². The summed E-state index contributed by atoms with van der Waals surface area (Å²) < 4.78 is 1.85. The molecule has 1 aliphatic heterocycles. The van der Waals surface area contributed by atoms with Crippen molar-refractivity contribution < 1.29 is 9.59 Å². The number of thioether (sulfide) groups is 1. The summed E-state index contributed by atoms with van der Waals surface area (Å²) >= 11 is 3.31. The summed E-state index contributed by atoms with van der Waals surface area (Å²) in [6.45, 7) is 6.70. The monoisotopic (exact) mass is 530 g/mol. The number of carbonyl (C=O) groups is 2. The summed E-state index contributed by atoms with van der Waals surface area (Å²) in [7, 11) is 0. The molecule has 2 aromatic heterocycles. The minimum absolute atomic E-state index is 0.0473. The molecule has 0 bridgehead atoms. The Kier molecular flexibility index (Phi) is 7.48. The van der Waals surface area contributed by atoms with Gasteiger partial charge in [-0.15, -0.1) is 23.1 Å². The molecule has 1 atom stereocenters. The number of hydrogen-bond acceptors (Lipinski definition) is 5. The molecule has 0 radical (unpaired) electrons. The van der Waals surface area contributed by atoms with E-state index in [0.29, 0.717) is 12.4 Å². The molecule has 5 rings (SSSR count). The summed E-state index contributed by atoms with van der Waals surface area (Å²) in [6.07, 6.45) is 0.833. The second-order valence-corrected chi connectivity index (χ2v) is 11.2. The smallest absolute Gasteiger partial charge is 0.240 e. The maximum atomic E-state index is 13.7. The topological polar surface area (TPSA) is 67.2 Å². The number of benzene rings is 2. The first-order valence-corrected chi connectivity index (χ1v) is 14.4. The molecule has 2 aromatic carbocycles.